The highest BCUT2D eigenvalue weighted by molar-refractivity contribution is 6.19. The van der Waals surface area contributed by atoms with Gasteiger partial charge in [0.1, 0.15) is 11.2 Å². The fourth-order valence-corrected chi connectivity index (χ4v) is 8.26. The Balaban J connectivity index is 1.17. The van der Waals surface area contributed by atoms with Crippen LogP contribution >= 0.6 is 0 Å². The van der Waals surface area contributed by atoms with E-state index < -0.39 is 0 Å². The average Bonchev–Trinajstić information content (AvgIpc) is 3.75. The molecule has 2 heterocycles. The second-order valence-electron chi connectivity index (χ2n) is 13.4. The van der Waals surface area contributed by atoms with Gasteiger partial charge >= 0.3 is 0 Å². The number of benzene rings is 7. The van der Waals surface area contributed by atoms with Crippen molar-refractivity contribution < 1.29 is 4.42 Å². The molecule has 2 aliphatic rings. The third-order valence-electron chi connectivity index (χ3n) is 10.6. The normalized spacial score (nSPS) is 13.6. The van der Waals surface area contributed by atoms with Crippen molar-refractivity contribution in [2.45, 2.75) is 12.8 Å². The number of para-hydroxylation sites is 1. The van der Waals surface area contributed by atoms with Gasteiger partial charge in [0, 0.05) is 27.5 Å². The van der Waals surface area contributed by atoms with Crippen LogP contribution in [0.3, 0.4) is 0 Å². The van der Waals surface area contributed by atoms with Crippen molar-refractivity contribution in [3.63, 3.8) is 0 Å². The van der Waals surface area contributed by atoms with E-state index in [1.807, 2.05) is 18.2 Å². The molecule has 0 radical (unpaired) electrons. The number of hydrogen-bond acceptors (Lipinski definition) is 4. The molecule has 51 heavy (non-hydrogen) atoms. The maximum Gasteiger partial charge on any atom is 0.164 e. The quantitative estimate of drug-likeness (QED) is 0.190. The third kappa shape index (κ3) is 4.30. The minimum atomic E-state index is 0.632. The van der Waals surface area contributed by atoms with Gasteiger partial charge in [-0.1, -0.05) is 127 Å². The summed E-state index contributed by atoms with van der Waals surface area (Å²) in [5.74, 6) is 1.94. The molecular formula is C47H29N3O. The van der Waals surface area contributed by atoms with E-state index >= 15 is 0 Å². The van der Waals surface area contributed by atoms with Crippen LogP contribution in [0.5, 0.6) is 0 Å². The molecular weight excluding hydrogens is 623 g/mol. The highest BCUT2D eigenvalue weighted by Crippen LogP contribution is 2.48. The second kappa shape index (κ2) is 10.9. The van der Waals surface area contributed by atoms with Crippen LogP contribution in [0, 0.1) is 0 Å². The van der Waals surface area contributed by atoms with Crippen molar-refractivity contribution in [3.8, 4) is 45.3 Å². The Hall–Kier alpha value is -6.65. The van der Waals surface area contributed by atoms with E-state index in [-0.39, 0.29) is 0 Å². The minimum Gasteiger partial charge on any atom is -0.456 e. The molecule has 0 aliphatic heterocycles. The molecule has 0 atom stereocenters. The topological polar surface area (TPSA) is 51.8 Å². The third-order valence-corrected chi connectivity index (χ3v) is 10.6. The van der Waals surface area contributed by atoms with E-state index in [0.29, 0.717) is 17.5 Å². The highest BCUT2D eigenvalue weighted by Gasteiger charge is 2.26. The Morgan fingerprint density at radius 3 is 2.08 bits per heavy atom. The van der Waals surface area contributed by atoms with E-state index in [4.69, 9.17) is 19.4 Å². The number of nitrogens with zero attached hydrogens (tertiary/aromatic N) is 3. The summed E-state index contributed by atoms with van der Waals surface area (Å²) < 4.78 is 6.30. The Kier molecular flexibility index (Phi) is 6.05. The van der Waals surface area contributed by atoms with Gasteiger partial charge in [-0.25, -0.2) is 15.0 Å². The largest absolute Gasteiger partial charge is 0.456 e. The molecule has 0 bridgehead atoms. The van der Waals surface area contributed by atoms with Gasteiger partial charge in [-0.2, -0.15) is 0 Å². The second-order valence-corrected chi connectivity index (χ2v) is 13.4. The van der Waals surface area contributed by atoms with Gasteiger partial charge < -0.3 is 4.42 Å². The zero-order valence-electron chi connectivity index (χ0n) is 27.6. The SMILES string of the molecule is C1=CC2=C(CC1)c1cccc3c(-c4nc(-c5ccc6ccccc6c5)nc(-c5ccccc5-c5cccc6oc7ccccc7c56)n4)ccc2c13. The number of allylic oxidation sites excluding steroid dienone is 4. The molecule has 7 aromatic carbocycles. The Bertz CT molecular complexity index is 2980. The summed E-state index contributed by atoms with van der Waals surface area (Å²) >= 11 is 0. The first-order valence-electron chi connectivity index (χ1n) is 17.5. The van der Waals surface area contributed by atoms with Crippen molar-refractivity contribution in [2.75, 3.05) is 0 Å². The van der Waals surface area contributed by atoms with E-state index in [1.54, 1.807) is 0 Å². The first-order valence-corrected chi connectivity index (χ1v) is 17.5. The van der Waals surface area contributed by atoms with E-state index in [1.165, 1.54) is 33.0 Å². The Morgan fingerprint density at radius 2 is 1.14 bits per heavy atom. The van der Waals surface area contributed by atoms with Crippen LogP contribution in [-0.2, 0) is 0 Å². The summed E-state index contributed by atoms with van der Waals surface area (Å²) in [6.45, 7) is 0. The molecule has 238 valence electrons. The molecule has 0 fully saturated rings. The minimum absolute atomic E-state index is 0.632. The fourth-order valence-electron chi connectivity index (χ4n) is 8.26. The van der Waals surface area contributed by atoms with Crippen LogP contribution < -0.4 is 0 Å². The van der Waals surface area contributed by atoms with Crippen LogP contribution in [0.4, 0.5) is 0 Å². The Labute approximate surface area is 294 Å². The van der Waals surface area contributed by atoms with E-state index in [2.05, 4.69) is 133 Å². The van der Waals surface area contributed by atoms with Crippen LogP contribution in [0.25, 0.3) is 99.9 Å². The van der Waals surface area contributed by atoms with Crippen LogP contribution in [-0.4, -0.2) is 15.0 Å². The number of furan rings is 1. The lowest BCUT2D eigenvalue weighted by Gasteiger charge is -2.14. The van der Waals surface area contributed by atoms with Gasteiger partial charge in [0.25, 0.3) is 0 Å². The maximum atomic E-state index is 6.30. The summed E-state index contributed by atoms with van der Waals surface area (Å²) in [4.78, 5) is 15.8. The van der Waals surface area contributed by atoms with Crippen molar-refractivity contribution in [3.05, 3.63) is 163 Å². The number of aromatic nitrogens is 3. The van der Waals surface area contributed by atoms with Gasteiger partial charge in [0.05, 0.1) is 0 Å². The summed E-state index contributed by atoms with van der Waals surface area (Å²) in [5.41, 5.74) is 12.2. The molecule has 0 N–H and O–H groups in total. The smallest absolute Gasteiger partial charge is 0.164 e. The molecule has 2 aliphatic carbocycles. The average molecular weight is 652 g/mol. The predicted octanol–water partition coefficient (Wildman–Crippen LogP) is 12.3. The first-order chi connectivity index (χ1) is 25.3. The summed E-state index contributed by atoms with van der Waals surface area (Å²) in [6.07, 6.45) is 6.73. The first kappa shape index (κ1) is 28.2. The van der Waals surface area contributed by atoms with Gasteiger partial charge in [-0.05, 0) is 92.1 Å². The van der Waals surface area contributed by atoms with E-state index in [0.717, 1.165) is 73.4 Å². The van der Waals surface area contributed by atoms with Crippen LogP contribution in [0.1, 0.15) is 24.0 Å². The summed E-state index contributed by atoms with van der Waals surface area (Å²) in [6, 6.07) is 48.9. The highest BCUT2D eigenvalue weighted by atomic mass is 16.3. The molecule has 0 saturated carbocycles. The van der Waals surface area contributed by atoms with Crippen LogP contribution in [0.15, 0.2) is 156 Å². The lowest BCUT2D eigenvalue weighted by atomic mass is 9.94. The molecule has 9 aromatic rings. The Morgan fingerprint density at radius 1 is 0.451 bits per heavy atom. The van der Waals surface area contributed by atoms with Crippen LogP contribution in [0.2, 0.25) is 0 Å². The van der Waals surface area contributed by atoms with Gasteiger partial charge in [-0.3, -0.25) is 0 Å². The predicted molar refractivity (Wildman–Crippen MR) is 209 cm³/mol. The lowest BCUT2D eigenvalue weighted by molar-refractivity contribution is 0.669. The molecule has 0 amide bonds. The fraction of sp³-hybridized carbons (Fsp3) is 0.0426. The summed E-state index contributed by atoms with van der Waals surface area (Å²) in [5, 5.41) is 6.96. The molecule has 4 heteroatoms. The molecule has 2 aromatic heterocycles. The number of fused-ring (bicyclic) bond motifs is 6. The van der Waals surface area contributed by atoms with Gasteiger partial charge in [-0.15, -0.1) is 0 Å². The molecule has 0 unspecified atom stereocenters. The monoisotopic (exact) mass is 651 g/mol. The maximum absolute atomic E-state index is 6.30. The standard InChI is InChI=1S/C47H29N3O/c1-2-12-29-27-30(24-23-28(29)11-1)45-48-46(38-16-6-5-15-33(38)35-20-10-22-42-44(35)40-17-7-8-21-41(40)51-42)50-47(49-45)39-26-25-37-32-14-4-3-13-31(32)34-18-9-19-36(39)43(34)37/h1-2,4-12,14-27H,3,13H2. The van der Waals surface area contributed by atoms with Gasteiger partial charge in [0.15, 0.2) is 17.5 Å². The molecule has 4 nitrogen and oxygen atoms in total. The van der Waals surface area contributed by atoms with Crippen molar-refractivity contribution in [2.24, 2.45) is 0 Å². The van der Waals surface area contributed by atoms with Crippen molar-refractivity contribution >= 4 is 54.6 Å². The van der Waals surface area contributed by atoms with Gasteiger partial charge in [0.2, 0.25) is 0 Å². The summed E-state index contributed by atoms with van der Waals surface area (Å²) in [7, 11) is 0. The lowest BCUT2D eigenvalue weighted by Crippen LogP contribution is -2.02. The van der Waals surface area contributed by atoms with E-state index in [9.17, 15) is 0 Å². The number of hydrogen-bond donors (Lipinski definition) is 0. The molecule has 11 rings (SSSR count). The molecule has 0 saturated heterocycles. The number of rotatable bonds is 4. The zero-order chi connectivity index (χ0) is 33.5. The molecule has 0 spiro atoms. The van der Waals surface area contributed by atoms with Crippen molar-refractivity contribution in [1.82, 2.24) is 15.0 Å². The van der Waals surface area contributed by atoms with Crippen molar-refractivity contribution in [1.29, 1.82) is 0 Å². The zero-order valence-corrected chi connectivity index (χ0v) is 27.6.